The fraction of sp³-hybridized carbons (Fsp3) is 0.143. The van der Waals surface area contributed by atoms with Gasteiger partial charge in [-0.25, -0.2) is 12.8 Å². The van der Waals surface area contributed by atoms with Crippen molar-refractivity contribution in [3.63, 3.8) is 0 Å². The van der Waals surface area contributed by atoms with E-state index in [1.807, 2.05) is 0 Å². The molecule has 0 spiro atoms. The van der Waals surface area contributed by atoms with E-state index in [1.54, 1.807) is 12.1 Å². The summed E-state index contributed by atoms with van der Waals surface area (Å²) in [5, 5.41) is -0.259. The number of hydrogen-bond acceptors (Lipinski definition) is 4. The van der Waals surface area contributed by atoms with E-state index in [2.05, 4.69) is 4.72 Å². The maximum atomic E-state index is 13.1. The van der Waals surface area contributed by atoms with E-state index in [-0.39, 0.29) is 9.92 Å². The number of hydrogen-bond donors (Lipinski definition) is 1. The van der Waals surface area contributed by atoms with Gasteiger partial charge in [0.25, 0.3) is 10.0 Å². The minimum Gasteiger partial charge on any atom is -0.486 e. The Hall–Kier alpha value is -1.99. The molecule has 2 aromatic carbocycles. The van der Waals surface area contributed by atoms with Crippen molar-refractivity contribution >= 4 is 27.3 Å². The van der Waals surface area contributed by atoms with Crippen molar-refractivity contribution in [3.8, 4) is 11.5 Å². The van der Waals surface area contributed by atoms with Crippen molar-refractivity contribution in [2.24, 2.45) is 0 Å². The number of benzene rings is 2. The number of sulfonamides is 1. The SMILES string of the molecule is O=S(=O)(Nc1ccc2c(c1)OCCO2)c1ccc(F)c(Cl)c1. The number of fused-ring (bicyclic) bond motifs is 1. The molecule has 0 bridgehead atoms. The predicted octanol–water partition coefficient (Wildman–Crippen LogP) is 3.05. The highest BCUT2D eigenvalue weighted by molar-refractivity contribution is 7.92. The van der Waals surface area contributed by atoms with Crippen LogP contribution in [0.5, 0.6) is 11.5 Å². The summed E-state index contributed by atoms with van der Waals surface area (Å²) in [6.07, 6.45) is 0. The molecule has 3 rings (SSSR count). The van der Waals surface area contributed by atoms with Crippen LogP contribution in [0.25, 0.3) is 0 Å². The third-order valence-corrected chi connectivity index (χ3v) is 4.66. The van der Waals surface area contributed by atoms with Gasteiger partial charge in [-0.1, -0.05) is 11.6 Å². The number of halogens is 2. The quantitative estimate of drug-likeness (QED) is 0.930. The molecule has 0 saturated carbocycles. The molecular weight excluding hydrogens is 333 g/mol. The van der Waals surface area contributed by atoms with Crippen molar-refractivity contribution in [1.82, 2.24) is 0 Å². The van der Waals surface area contributed by atoms with E-state index in [0.717, 1.165) is 18.2 Å². The van der Waals surface area contributed by atoms with E-state index in [9.17, 15) is 12.8 Å². The monoisotopic (exact) mass is 343 g/mol. The van der Waals surface area contributed by atoms with Crippen LogP contribution in [-0.4, -0.2) is 21.6 Å². The lowest BCUT2D eigenvalue weighted by atomic mass is 10.3. The van der Waals surface area contributed by atoms with Crippen LogP contribution in [0.2, 0.25) is 5.02 Å². The van der Waals surface area contributed by atoms with E-state index in [0.29, 0.717) is 30.4 Å². The Labute approximate surface area is 131 Å². The standard InChI is InChI=1S/C14H11ClFNO4S/c15-11-8-10(2-3-12(11)16)22(18,19)17-9-1-4-13-14(7-9)21-6-5-20-13/h1-4,7-8,17H,5-6H2. The molecule has 2 aromatic rings. The van der Waals surface area contributed by atoms with Crippen LogP contribution in [-0.2, 0) is 10.0 Å². The van der Waals surface area contributed by atoms with Gasteiger partial charge in [0, 0.05) is 6.07 Å². The summed E-state index contributed by atoms with van der Waals surface area (Å²) in [6.45, 7) is 0.850. The second-order valence-electron chi connectivity index (χ2n) is 4.54. The molecule has 1 N–H and O–H groups in total. The summed E-state index contributed by atoms with van der Waals surface area (Å²) in [4.78, 5) is -0.131. The van der Waals surface area contributed by atoms with Crippen LogP contribution in [0.15, 0.2) is 41.3 Å². The van der Waals surface area contributed by atoms with Gasteiger partial charge in [0.05, 0.1) is 15.6 Å². The minimum atomic E-state index is -3.88. The maximum Gasteiger partial charge on any atom is 0.261 e. The Balaban J connectivity index is 1.89. The Bertz CT molecular complexity index is 826. The number of ether oxygens (including phenoxy) is 2. The number of rotatable bonds is 3. The molecule has 0 unspecified atom stereocenters. The van der Waals surface area contributed by atoms with E-state index < -0.39 is 15.8 Å². The van der Waals surface area contributed by atoms with Crippen molar-refractivity contribution in [2.75, 3.05) is 17.9 Å². The van der Waals surface area contributed by atoms with Gasteiger partial charge < -0.3 is 9.47 Å². The van der Waals surface area contributed by atoms with Crippen molar-refractivity contribution in [3.05, 3.63) is 47.2 Å². The summed E-state index contributed by atoms with van der Waals surface area (Å²) in [5.74, 6) is 0.336. The Morgan fingerprint density at radius 1 is 1.05 bits per heavy atom. The lowest BCUT2D eigenvalue weighted by Gasteiger charge is -2.19. The average Bonchev–Trinajstić information content (AvgIpc) is 2.49. The van der Waals surface area contributed by atoms with Crippen LogP contribution in [0.4, 0.5) is 10.1 Å². The molecule has 1 aliphatic rings. The third kappa shape index (κ3) is 2.95. The van der Waals surface area contributed by atoms with Gasteiger partial charge >= 0.3 is 0 Å². The molecule has 0 saturated heterocycles. The summed E-state index contributed by atoms with van der Waals surface area (Å²) in [6, 6.07) is 7.89. The van der Waals surface area contributed by atoms with E-state index in [4.69, 9.17) is 21.1 Å². The molecule has 5 nitrogen and oxygen atoms in total. The molecule has 0 amide bonds. The first-order valence-corrected chi connectivity index (χ1v) is 8.19. The first kappa shape index (κ1) is 14.9. The Morgan fingerprint density at radius 2 is 1.77 bits per heavy atom. The molecule has 0 fully saturated rings. The molecule has 1 aliphatic heterocycles. The average molecular weight is 344 g/mol. The number of nitrogens with one attached hydrogen (secondary N) is 1. The van der Waals surface area contributed by atoms with Gasteiger partial charge in [-0.15, -0.1) is 0 Å². The van der Waals surface area contributed by atoms with Gasteiger partial charge in [0.2, 0.25) is 0 Å². The summed E-state index contributed by atoms with van der Waals surface area (Å²) in [5.41, 5.74) is 0.310. The lowest BCUT2D eigenvalue weighted by molar-refractivity contribution is 0.171. The first-order valence-electron chi connectivity index (χ1n) is 6.33. The van der Waals surface area contributed by atoms with E-state index in [1.165, 1.54) is 6.07 Å². The fourth-order valence-corrected chi connectivity index (χ4v) is 3.29. The fourth-order valence-electron chi connectivity index (χ4n) is 1.96. The smallest absolute Gasteiger partial charge is 0.261 e. The second-order valence-corrected chi connectivity index (χ2v) is 6.63. The summed E-state index contributed by atoms with van der Waals surface area (Å²) >= 11 is 5.61. The zero-order valence-electron chi connectivity index (χ0n) is 11.2. The minimum absolute atomic E-state index is 0.131. The van der Waals surface area contributed by atoms with Crippen LogP contribution in [0.3, 0.4) is 0 Å². The lowest BCUT2D eigenvalue weighted by Crippen LogP contribution is -2.16. The molecule has 1 heterocycles. The topological polar surface area (TPSA) is 64.6 Å². The normalized spacial score (nSPS) is 13.7. The second kappa shape index (κ2) is 5.66. The van der Waals surface area contributed by atoms with Gasteiger partial charge in [-0.2, -0.15) is 0 Å². The largest absolute Gasteiger partial charge is 0.486 e. The third-order valence-electron chi connectivity index (χ3n) is 3.00. The molecule has 22 heavy (non-hydrogen) atoms. The van der Waals surface area contributed by atoms with Gasteiger partial charge in [-0.05, 0) is 30.3 Å². The molecule has 8 heteroatoms. The van der Waals surface area contributed by atoms with Crippen LogP contribution < -0.4 is 14.2 Å². The maximum absolute atomic E-state index is 13.1. The summed E-state index contributed by atoms with van der Waals surface area (Å²) < 4.78 is 50.8. The molecular formula is C14H11ClFNO4S. The highest BCUT2D eigenvalue weighted by Gasteiger charge is 2.18. The van der Waals surface area contributed by atoms with Gasteiger partial charge in [0.1, 0.15) is 19.0 Å². The Morgan fingerprint density at radius 3 is 2.50 bits per heavy atom. The van der Waals surface area contributed by atoms with Crippen LogP contribution in [0.1, 0.15) is 0 Å². The highest BCUT2D eigenvalue weighted by atomic mass is 35.5. The van der Waals surface area contributed by atoms with Crippen LogP contribution in [0, 0.1) is 5.82 Å². The summed E-state index contributed by atoms with van der Waals surface area (Å²) in [7, 11) is -3.88. The Kier molecular flexibility index (Phi) is 3.84. The highest BCUT2D eigenvalue weighted by Crippen LogP contribution is 2.33. The zero-order chi connectivity index (χ0) is 15.7. The van der Waals surface area contributed by atoms with Gasteiger partial charge in [-0.3, -0.25) is 4.72 Å². The molecule has 116 valence electrons. The molecule has 0 aromatic heterocycles. The molecule has 0 radical (unpaired) electrons. The van der Waals surface area contributed by atoms with Crippen LogP contribution >= 0.6 is 11.6 Å². The number of anilines is 1. The van der Waals surface area contributed by atoms with Gasteiger partial charge in [0.15, 0.2) is 11.5 Å². The molecule has 0 atom stereocenters. The zero-order valence-corrected chi connectivity index (χ0v) is 12.7. The molecule has 0 aliphatic carbocycles. The predicted molar refractivity (Wildman–Crippen MR) is 79.7 cm³/mol. The first-order chi connectivity index (χ1) is 10.5. The van der Waals surface area contributed by atoms with E-state index >= 15 is 0 Å². The van der Waals surface area contributed by atoms with Crippen molar-refractivity contribution in [1.29, 1.82) is 0 Å². The van der Waals surface area contributed by atoms with Crippen molar-refractivity contribution < 1.29 is 22.3 Å². The van der Waals surface area contributed by atoms with Crippen molar-refractivity contribution in [2.45, 2.75) is 4.90 Å².